The standard InChI is InChI=1S/C32H34ClN7O3/c1-18(2)40-27-14-26(33)29(22-10-23(12-24(34)11-22)32(43)39-17-20-4-3-9-37-15-20)25(30(27)42)13-28(41)38-16-19-5-7-21(8-6-19)31(35)36/h3-12,14-15,18,40,42H,13,16-17,34H2,1-2H3,(H3,35,36)(H,38,41)(H,39,43). The third-order valence-electron chi connectivity index (χ3n) is 6.57. The zero-order valence-corrected chi connectivity index (χ0v) is 24.6. The van der Waals surface area contributed by atoms with Crippen LogP contribution in [0.15, 0.2) is 73.1 Å². The van der Waals surface area contributed by atoms with Gasteiger partial charge in [0.25, 0.3) is 5.91 Å². The number of nitrogens with two attached hydrogens (primary N) is 2. The molecule has 0 bridgehead atoms. The maximum absolute atomic E-state index is 13.2. The molecule has 10 nitrogen and oxygen atoms in total. The fourth-order valence-electron chi connectivity index (χ4n) is 4.54. The zero-order valence-electron chi connectivity index (χ0n) is 23.9. The number of aromatic nitrogens is 1. The van der Waals surface area contributed by atoms with Gasteiger partial charge in [0.15, 0.2) is 0 Å². The number of aromatic hydroxyl groups is 1. The SMILES string of the molecule is CC(C)Nc1cc(Cl)c(-c2cc(N)cc(C(=O)NCc3cccnc3)c2)c(CC(=O)NCc2ccc(C(=N)N)cc2)c1O. The Bertz CT molecular complexity index is 1640. The number of carbonyl (C=O) groups is 2. The normalized spacial score (nSPS) is 10.8. The van der Waals surface area contributed by atoms with Gasteiger partial charge in [-0.3, -0.25) is 20.0 Å². The quantitative estimate of drug-likeness (QED) is 0.0570. The molecule has 1 heterocycles. The van der Waals surface area contributed by atoms with Crippen LogP contribution in [0, 0.1) is 5.41 Å². The van der Waals surface area contributed by atoms with Gasteiger partial charge in [0.1, 0.15) is 11.6 Å². The molecule has 222 valence electrons. The molecule has 1 aromatic heterocycles. The van der Waals surface area contributed by atoms with E-state index in [1.807, 2.05) is 19.9 Å². The molecule has 0 radical (unpaired) electrons. The molecule has 0 saturated heterocycles. The minimum Gasteiger partial charge on any atom is -0.505 e. The molecule has 43 heavy (non-hydrogen) atoms. The fourth-order valence-corrected chi connectivity index (χ4v) is 4.87. The van der Waals surface area contributed by atoms with Crippen LogP contribution in [-0.4, -0.2) is 33.8 Å². The number of anilines is 2. The van der Waals surface area contributed by atoms with Crippen molar-refractivity contribution in [2.75, 3.05) is 11.1 Å². The molecule has 0 aliphatic rings. The predicted octanol–water partition coefficient (Wildman–Crippen LogP) is 4.58. The second-order valence-electron chi connectivity index (χ2n) is 10.4. The lowest BCUT2D eigenvalue weighted by Crippen LogP contribution is -2.25. The maximum Gasteiger partial charge on any atom is 0.251 e. The van der Waals surface area contributed by atoms with E-state index >= 15 is 0 Å². The number of carbonyl (C=O) groups excluding carboxylic acids is 2. The molecule has 4 aromatic rings. The Morgan fingerprint density at radius 1 is 1.00 bits per heavy atom. The van der Waals surface area contributed by atoms with Crippen LogP contribution in [0.3, 0.4) is 0 Å². The molecular weight excluding hydrogens is 566 g/mol. The second-order valence-corrected chi connectivity index (χ2v) is 10.8. The summed E-state index contributed by atoms with van der Waals surface area (Å²) in [4.78, 5) is 30.3. The summed E-state index contributed by atoms with van der Waals surface area (Å²) in [5.41, 5.74) is 16.1. The van der Waals surface area contributed by atoms with Gasteiger partial charge in [0, 0.05) is 59.5 Å². The van der Waals surface area contributed by atoms with Gasteiger partial charge in [0.05, 0.1) is 17.1 Å². The van der Waals surface area contributed by atoms with Crippen LogP contribution in [0.4, 0.5) is 11.4 Å². The highest BCUT2D eigenvalue weighted by atomic mass is 35.5. The van der Waals surface area contributed by atoms with Gasteiger partial charge in [-0.25, -0.2) is 0 Å². The molecule has 9 N–H and O–H groups in total. The lowest BCUT2D eigenvalue weighted by Gasteiger charge is -2.20. The van der Waals surface area contributed by atoms with Crippen molar-refractivity contribution in [3.05, 3.63) is 106 Å². The minimum absolute atomic E-state index is 0.0186. The van der Waals surface area contributed by atoms with E-state index in [-0.39, 0.29) is 59.5 Å². The largest absolute Gasteiger partial charge is 0.505 e. The Hall–Kier alpha value is -5.09. The summed E-state index contributed by atoms with van der Waals surface area (Å²) in [6.45, 7) is 4.33. The molecular formula is C32H34ClN7O3. The number of pyridine rings is 1. The van der Waals surface area contributed by atoms with Crippen LogP contribution in [0.1, 0.15) is 46.5 Å². The van der Waals surface area contributed by atoms with E-state index in [0.29, 0.717) is 33.6 Å². The molecule has 0 unspecified atom stereocenters. The van der Waals surface area contributed by atoms with Crippen LogP contribution in [-0.2, 0) is 24.3 Å². The summed E-state index contributed by atoms with van der Waals surface area (Å²) in [5.74, 6) is -0.880. The highest BCUT2D eigenvalue weighted by molar-refractivity contribution is 6.34. The van der Waals surface area contributed by atoms with Gasteiger partial charge in [-0.15, -0.1) is 0 Å². The van der Waals surface area contributed by atoms with E-state index in [9.17, 15) is 14.7 Å². The average molecular weight is 600 g/mol. The van der Waals surface area contributed by atoms with E-state index in [0.717, 1.165) is 11.1 Å². The maximum atomic E-state index is 13.2. The number of benzene rings is 3. The summed E-state index contributed by atoms with van der Waals surface area (Å²) in [6, 6.07) is 17.0. The smallest absolute Gasteiger partial charge is 0.251 e. The topological polar surface area (TPSA) is 179 Å². The molecule has 0 saturated carbocycles. The first-order valence-corrected chi connectivity index (χ1v) is 14.0. The first-order valence-electron chi connectivity index (χ1n) is 13.6. The Balaban J connectivity index is 1.64. The van der Waals surface area contributed by atoms with Crippen LogP contribution in [0.5, 0.6) is 5.75 Å². The first kappa shape index (κ1) is 30.9. The monoisotopic (exact) mass is 599 g/mol. The lowest BCUT2D eigenvalue weighted by atomic mass is 9.93. The van der Waals surface area contributed by atoms with Crippen molar-refractivity contribution in [3.63, 3.8) is 0 Å². The van der Waals surface area contributed by atoms with Gasteiger partial charge in [-0.05, 0) is 60.9 Å². The lowest BCUT2D eigenvalue weighted by molar-refractivity contribution is -0.120. The third kappa shape index (κ3) is 8.02. The van der Waals surface area contributed by atoms with Gasteiger partial charge < -0.3 is 32.5 Å². The van der Waals surface area contributed by atoms with Gasteiger partial charge in [-0.2, -0.15) is 0 Å². The summed E-state index contributed by atoms with van der Waals surface area (Å²) < 4.78 is 0. The van der Waals surface area contributed by atoms with Gasteiger partial charge >= 0.3 is 0 Å². The van der Waals surface area contributed by atoms with Crippen molar-refractivity contribution in [1.82, 2.24) is 15.6 Å². The molecule has 0 spiro atoms. The summed E-state index contributed by atoms with van der Waals surface area (Å²) in [6.07, 6.45) is 3.12. The Labute approximate surface area is 255 Å². The molecule has 2 amide bonds. The van der Waals surface area contributed by atoms with E-state index in [2.05, 4.69) is 20.9 Å². The third-order valence-corrected chi connectivity index (χ3v) is 6.87. The zero-order chi connectivity index (χ0) is 31.1. The number of rotatable bonds is 11. The molecule has 0 aliphatic heterocycles. The van der Waals surface area contributed by atoms with Gasteiger partial charge in [0.2, 0.25) is 5.91 Å². The van der Waals surface area contributed by atoms with E-state index in [1.54, 1.807) is 67.0 Å². The van der Waals surface area contributed by atoms with E-state index in [4.69, 9.17) is 28.5 Å². The van der Waals surface area contributed by atoms with Gasteiger partial charge in [-0.1, -0.05) is 41.9 Å². The summed E-state index contributed by atoms with van der Waals surface area (Å²) in [7, 11) is 0. The number of nitrogens with zero attached hydrogens (tertiary/aromatic N) is 1. The van der Waals surface area contributed by atoms with E-state index in [1.165, 1.54) is 0 Å². The van der Waals surface area contributed by atoms with Crippen molar-refractivity contribution in [2.24, 2.45) is 5.73 Å². The second kappa shape index (κ2) is 13.7. The summed E-state index contributed by atoms with van der Waals surface area (Å²) in [5, 5.41) is 28.0. The first-order chi connectivity index (χ1) is 20.5. The van der Waals surface area contributed by atoms with Crippen molar-refractivity contribution in [1.29, 1.82) is 5.41 Å². The fraction of sp³-hybridized carbons (Fsp3) is 0.188. The highest BCUT2D eigenvalue weighted by Gasteiger charge is 2.22. The molecule has 3 aromatic carbocycles. The molecule has 11 heteroatoms. The van der Waals surface area contributed by atoms with Crippen molar-refractivity contribution in [2.45, 2.75) is 39.4 Å². The highest BCUT2D eigenvalue weighted by Crippen LogP contribution is 2.43. The van der Waals surface area contributed by atoms with Crippen LogP contribution < -0.4 is 27.4 Å². The van der Waals surface area contributed by atoms with Crippen LogP contribution in [0.2, 0.25) is 5.02 Å². The summed E-state index contributed by atoms with van der Waals surface area (Å²) >= 11 is 6.79. The number of halogens is 1. The van der Waals surface area contributed by atoms with Crippen molar-refractivity contribution in [3.8, 4) is 16.9 Å². The van der Waals surface area contributed by atoms with Crippen molar-refractivity contribution < 1.29 is 14.7 Å². The average Bonchev–Trinajstić information content (AvgIpc) is 2.97. The Morgan fingerprint density at radius 2 is 1.72 bits per heavy atom. The Morgan fingerprint density at radius 3 is 2.37 bits per heavy atom. The number of amides is 2. The minimum atomic E-state index is -0.358. The molecule has 0 aliphatic carbocycles. The molecule has 4 rings (SSSR count). The Kier molecular flexibility index (Phi) is 9.84. The molecule has 0 atom stereocenters. The number of phenolic OH excluding ortho intramolecular Hbond substituents is 1. The number of hydrogen-bond acceptors (Lipinski definition) is 7. The predicted molar refractivity (Wildman–Crippen MR) is 170 cm³/mol. The number of phenols is 1. The van der Waals surface area contributed by atoms with Crippen LogP contribution in [0.25, 0.3) is 11.1 Å². The van der Waals surface area contributed by atoms with Crippen LogP contribution >= 0.6 is 11.6 Å². The van der Waals surface area contributed by atoms with E-state index < -0.39 is 0 Å². The number of nitrogen functional groups attached to an aromatic ring is 2. The number of hydrogen-bond donors (Lipinski definition) is 7. The van der Waals surface area contributed by atoms with Crippen molar-refractivity contribution >= 4 is 40.6 Å². The number of amidine groups is 1. The number of nitrogens with one attached hydrogen (secondary N) is 4. The molecule has 0 fully saturated rings.